The number of aromatic carboxylic acids is 1. The molecule has 0 amide bonds. The molecule has 2 aromatic rings. The van der Waals surface area contributed by atoms with Crippen molar-refractivity contribution in [3.63, 3.8) is 0 Å². The van der Waals surface area contributed by atoms with Crippen molar-refractivity contribution in [3.8, 4) is 0 Å². The molecule has 18 heavy (non-hydrogen) atoms. The zero-order valence-electron chi connectivity index (χ0n) is 8.88. The molecule has 2 rings (SSSR count). The second-order valence-corrected chi connectivity index (χ2v) is 5.36. The lowest BCUT2D eigenvalue weighted by atomic mass is 10.2. The highest BCUT2D eigenvalue weighted by atomic mass is 127. The van der Waals surface area contributed by atoms with Gasteiger partial charge in [0.1, 0.15) is 8.60 Å². The fourth-order valence-electron chi connectivity index (χ4n) is 1.27. The maximum Gasteiger partial charge on any atom is 0.336 e. The van der Waals surface area contributed by atoms with Gasteiger partial charge in [0.2, 0.25) is 0 Å². The molecule has 0 aliphatic carbocycles. The van der Waals surface area contributed by atoms with Crippen molar-refractivity contribution >= 4 is 40.3 Å². The van der Waals surface area contributed by atoms with Gasteiger partial charge in [-0.3, -0.25) is 4.79 Å². The number of hydrogen-bond acceptors (Lipinski definition) is 4. The molecule has 0 saturated carbocycles. The van der Waals surface area contributed by atoms with E-state index in [0.29, 0.717) is 13.5 Å². The molecule has 0 radical (unpaired) electrons. The highest BCUT2D eigenvalue weighted by molar-refractivity contribution is 14.1. The first-order chi connectivity index (χ1) is 8.59. The summed E-state index contributed by atoms with van der Waals surface area (Å²) >= 11 is 3.05. The number of carboxylic acids is 1. The summed E-state index contributed by atoms with van der Waals surface area (Å²) in [5, 5.41) is 9.56. The second kappa shape index (κ2) is 5.53. The summed E-state index contributed by atoms with van der Waals surface area (Å²) in [6, 6.07) is 6.61. The van der Waals surface area contributed by atoms with Crippen LogP contribution < -0.4 is 5.56 Å². The summed E-state index contributed by atoms with van der Waals surface area (Å²) < 4.78 is 0.445. The molecule has 0 spiro atoms. The Morgan fingerprint density at radius 3 is 2.83 bits per heavy atom. The smallest absolute Gasteiger partial charge is 0.336 e. The predicted molar refractivity (Wildman–Crippen MR) is 75.1 cm³/mol. The lowest BCUT2D eigenvalue weighted by molar-refractivity contribution is 0.0693. The molecule has 7 heteroatoms. The van der Waals surface area contributed by atoms with Crippen LogP contribution in [0.25, 0.3) is 0 Å². The third-order valence-electron chi connectivity index (χ3n) is 2.09. The van der Waals surface area contributed by atoms with Crippen molar-refractivity contribution in [1.29, 1.82) is 0 Å². The van der Waals surface area contributed by atoms with Crippen molar-refractivity contribution in [2.45, 2.75) is 9.92 Å². The van der Waals surface area contributed by atoms with E-state index in [1.165, 1.54) is 12.4 Å². The number of rotatable bonds is 3. The van der Waals surface area contributed by atoms with Crippen molar-refractivity contribution in [1.82, 2.24) is 9.97 Å². The zero-order valence-corrected chi connectivity index (χ0v) is 11.9. The molecule has 92 valence electrons. The Kier molecular flexibility index (Phi) is 4.02. The van der Waals surface area contributed by atoms with Crippen LogP contribution in [0.2, 0.25) is 0 Å². The fourth-order valence-corrected chi connectivity index (χ4v) is 2.81. The number of carboxylic acid groups (broad SMARTS) is 1. The van der Waals surface area contributed by atoms with Gasteiger partial charge in [-0.25, -0.2) is 9.78 Å². The summed E-state index contributed by atoms with van der Waals surface area (Å²) in [6.45, 7) is 0. The lowest BCUT2D eigenvalue weighted by Gasteiger charge is -2.05. The number of hydrogen-bond donors (Lipinski definition) is 2. The van der Waals surface area contributed by atoms with E-state index >= 15 is 0 Å². The number of H-pyrrole nitrogens is 1. The van der Waals surface area contributed by atoms with Crippen molar-refractivity contribution in [2.75, 3.05) is 0 Å². The molecule has 0 bridgehead atoms. The second-order valence-electron chi connectivity index (χ2n) is 3.25. The van der Waals surface area contributed by atoms with Crippen LogP contribution in [0.5, 0.6) is 0 Å². The first-order valence-electron chi connectivity index (χ1n) is 4.83. The van der Waals surface area contributed by atoms with E-state index in [1.54, 1.807) is 18.2 Å². The zero-order chi connectivity index (χ0) is 13.1. The molecule has 0 unspecified atom stereocenters. The Balaban J connectivity index is 2.43. The van der Waals surface area contributed by atoms with Gasteiger partial charge >= 0.3 is 5.97 Å². The van der Waals surface area contributed by atoms with Gasteiger partial charge < -0.3 is 10.1 Å². The SMILES string of the molecule is O=C(O)c1ccccc1Sc1nc[nH]c(=O)c1I. The van der Waals surface area contributed by atoms with E-state index < -0.39 is 5.97 Å². The molecule has 0 aliphatic rings. The van der Waals surface area contributed by atoms with Gasteiger partial charge in [0.05, 0.1) is 11.9 Å². The fraction of sp³-hybridized carbons (Fsp3) is 0. The maximum absolute atomic E-state index is 11.4. The van der Waals surface area contributed by atoms with Crippen LogP contribution in [0.4, 0.5) is 0 Å². The van der Waals surface area contributed by atoms with Crippen LogP contribution in [0.15, 0.2) is 45.3 Å². The van der Waals surface area contributed by atoms with Crippen molar-refractivity contribution in [3.05, 3.63) is 50.1 Å². The lowest BCUT2D eigenvalue weighted by Crippen LogP contribution is -2.11. The third-order valence-corrected chi connectivity index (χ3v) is 4.53. The highest BCUT2D eigenvalue weighted by Crippen LogP contribution is 2.30. The summed E-state index contributed by atoms with van der Waals surface area (Å²) in [4.78, 5) is 29.5. The predicted octanol–water partition coefficient (Wildman–Crippen LogP) is 2.22. The number of nitrogens with one attached hydrogen (secondary N) is 1. The average molecular weight is 374 g/mol. The topological polar surface area (TPSA) is 83.0 Å². The summed E-state index contributed by atoms with van der Waals surface area (Å²) in [6.07, 6.45) is 1.30. The minimum absolute atomic E-state index is 0.195. The largest absolute Gasteiger partial charge is 0.478 e. The molecule has 2 N–H and O–H groups in total. The first kappa shape index (κ1) is 13.1. The maximum atomic E-state index is 11.4. The Morgan fingerprint density at radius 2 is 2.11 bits per heavy atom. The molecule has 0 saturated heterocycles. The Morgan fingerprint density at radius 1 is 1.39 bits per heavy atom. The standard InChI is InChI=1S/C11H7IN2O3S/c12-8-9(15)13-5-14-10(8)18-7-4-2-1-3-6(7)11(16)17/h1-5H,(H,16,17)(H,13,14,15). The molecule has 0 atom stereocenters. The number of carbonyl (C=O) groups is 1. The van der Waals surface area contributed by atoms with Crippen molar-refractivity contribution in [2.24, 2.45) is 0 Å². The Bertz CT molecular complexity index is 657. The minimum atomic E-state index is -1.00. The van der Waals surface area contributed by atoms with E-state index in [1.807, 2.05) is 22.6 Å². The summed E-state index contributed by atoms with van der Waals surface area (Å²) in [5.74, 6) is -1.00. The molecular formula is C11H7IN2O3S. The summed E-state index contributed by atoms with van der Waals surface area (Å²) in [5.41, 5.74) is -0.0405. The number of aromatic amines is 1. The number of aromatic nitrogens is 2. The normalized spacial score (nSPS) is 10.3. The highest BCUT2D eigenvalue weighted by Gasteiger charge is 2.13. The minimum Gasteiger partial charge on any atom is -0.478 e. The van der Waals surface area contributed by atoms with Gasteiger partial charge in [0, 0.05) is 4.90 Å². The van der Waals surface area contributed by atoms with E-state index in [4.69, 9.17) is 5.11 Å². The van der Waals surface area contributed by atoms with Crippen LogP contribution in [-0.2, 0) is 0 Å². The van der Waals surface area contributed by atoms with Crippen molar-refractivity contribution < 1.29 is 9.90 Å². The van der Waals surface area contributed by atoms with Crippen LogP contribution in [-0.4, -0.2) is 21.0 Å². The number of nitrogens with zero attached hydrogens (tertiary/aromatic N) is 1. The van der Waals surface area contributed by atoms with E-state index in [0.717, 1.165) is 11.8 Å². The van der Waals surface area contributed by atoms with Gasteiger partial charge in [-0.1, -0.05) is 23.9 Å². The summed E-state index contributed by atoms with van der Waals surface area (Å²) in [7, 11) is 0. The van der Waals surface area contributed by atoms with Gasteiger partial charge in [-0.05, 0) is 34.7 Å². The number of benzene rings is 1. The Labute approximate surface area is 120 Å². The molecule has 5 nitrogen and oxygen atoms in total. The number of halogens is 1. The van der Waals surface area contributed by atoms with Crippen LogP contribution in [0.1, 0.15) is 10.4 Å². The molecule has 1 heterocycles. The van der Waals surface area contributed by atoms with Crippen LogP contribution in [0.3, 0.4) is 0 Å². The van der Waals surface area contributed by atoms with Gasteiger partial charge in [-0.15, -0.1) is 0 Å². The van der Waals surface area contributed by atoms with Gasteiger partial charge in [0.25, 0.3) is 5.56 Å². The van der Waals surface area contributed by atoms with E-state index in [9.17, 15) is 9.59 Å². The molecule has 1 aromatic heterocycles. The third kappa shape index (κ3) is 2.72. The first-order valence-corrected chi connectivity index (χ1v) is 6.72. The van der Waals surface area contributed by atoms with Crippen LogP contribution in [0, 0.1) is 3.57 Å². The molecular weight excluding hydrogens is 367 g/mol. The van der Waals surface area contributed by atoms with E-state index in [2.05, 4.69) is 9.97 Å². The van der Waals surface area contributed by atoms with Crippen LogP contribution >= 0.6 is 34.4 Å². The van der Waals surface area contributed by atoms with E-state index in [-0.39, 0.29) is 11.1 Å². The van der Waals surface area contributed by atoms with Gasteiger partial charge in [0.15, 0.2) is 0 Å². The molecule has 0 aliphatic heterocycles. The molecule has 0 fully saturated rings. The monoisotopic (exact) mass is 374 g/mol. The Hall–Kier alpha value is -1.35. The average Bonchev–Trinajstić information content (AvgIpc) is 2.35. The quantitative estimate of drug-likeness (QED) is 0.636. The molecule has 1 aromatic carbocycles. The van der Waals surface area contributed by atoms with Gasteiger partial charge in [-0.2, -0.15) is 0 Å².